The van der Waals surface area contributed by atoms with Gasteiger partial charge in [-0.05, 0) is 32.8 Å². The Kier molecular flexibility index (Phi) is 5.81. The predicted molar refractivity (Wildman–Crippen MR) is 83.3 cm³/mol. The van der Waals surface area contributed by atoms with Crippen LogP contribution in [0.15, 0.2) is 6.07 Å². The van der Waals surface area contributed by atoms with Crippen LogP contribution in [0.1, 0.15) is 44.4 Å². The monoisotopic (exact) mass is 311 g/mol. The fraction of sp³-hybridized carbons (Fsp3) is 0.571. The zero-order valence-corrected chi connectivity index (χ0v) is 13.4. The molecular formula is C14H21N3O5. The number of nitro benzene ring substituents is 2. The highest BCUT2D eigenvalue weighted by molar-refractivity contribution is 5.78. The van der Waals surface area contributed by atoms with Gasteiger partial charge in [0.2, 0.25) is 0 Å². The maximum Gasteiger partial charge on any atom is 0.302 e. The van der Waals surface area contributed by atoms with Crippen molar-refractivity contribution in [3.8, 4) is 0 Å². The fourth-order valence-electron chi connectivity index (χ4n) is 2.42. The minimum Gasteiger partial charge on any atom is -0.377 e. The predicted octanol–water partition coefficient (Wildman–Crippen LogP) is 3.73. The third kappa shape index (κ3) is 3.51. The third-order valence-corrected chi connectivity index (χ3v) is 3.39. The molecule has 0 spiro atoms. The van der Waals surface area contributed by atoms with Gasteiger partial charge in [0.05, 0.1) is 16.0 Å². The third-order valence-electron chi connectivity index (χ3n) is 3.39. The van der Waals surface area contributed by atoms with Gasteiger partial charge in [-0.1, -0.05) is 6.92 Å². The second-order valence-corrected chi connectivity index (χ2v) is 5.28. The largest absolute Gasteiger partial charge is 0.377 e. The number of nitro groups is 2. The lowest BCUT2D eigenvalue weighted by Crippen LogP contribution is -2.15. The molecule has 8 heteroatoms. The Bertz CT molecular complexity index is 582. The van der Waals surface area contributed by atoms with Crippen molar-refractivity contribution in [3.05, 3.63) is 37.4 Å². The van der Waals surface area contributed by atoms with E-state index in [1.807, 2.05) is 6.92 Å². The lowest BCUT2D eigenvalue weighted by molar-refractivity contribution is -0.392. The molecule has 0 aliphatic carbocycles. The minimum absolute atomic E-state index is 0.0581. The number of hydrogen-bond donors (Lipinski definition) is 1. The Morgan fingerprint density at radius 3 is 2.23 bits per heavy atom. The summed E-state index contributed by atoms with van der Waals surface area (Å²) in [4.78, 5) is 21.6. The summed E-state index contributed by atoms with van der Waals surface area (Å²) >= 11 is 0. The van der Waals surface area contributed by atoms with Crippen LogP contribution in [0.3, 0.4) is 0 Å². The number of ether oxygens (including phenoxy) is 1. The van der Waals surface area contributed by atoms with Gasteiger partial charge in [-0.15, -0.1) is 0 Å². The molecular weight excluding hydrogens is 290 g/mol. The Balaban J connectivity index is 3.73. The molecule has 1 unspecified atom stereocenters. The first-order chi connectivity index (χ1) is 10.2. The van der Waals surface area contributed by atoms with Crippen molar-refractivity contribution in [3.63, 3.8) is 0 Å². The fourth-order valence-corrected chi connectivity index (χ4v) is 2.42. The van der Waals surface area contributed by atoms with E-state index in [2.05, 4.69) is 5.32 Å². The van der Waals surface area contributed by atoms with Crippen molar-refractivity contribution < 1.29 is 14.6 Å². The average molecular weight is 311 g/mol. The lowest BCUT2D eigenvalue weighted by atomic mass is 9.97. The van der Waals surface area contributed by atoms with E-state index in [0.717, 1.165) is 0 Å². The van der Waals surface area contributed by atoms with Gasteiger partial charge in [-0.25, -0.2) is 0 Å². The Morgan fingerprint density at radius 2 is 1.86 bits per heavy atom. The second kappa shape index (κ2) is 7.17. The van der Waals surface area contributed by atoms with Crippen LogP contribution < -0.4 is 5.32 Å². The van der Waals surface area contributed by atoms with Crippen molar-refractivity contribution in [1.29, 1.82) is 0 Å². The van der Waals surface area contributed by atoms with Gasteiger partial charge >= 0.3 is 5.69 Å². The highest BCUT2D eigenvalue weighted by Gasteiger charge is 2.32. The zero-order chi connectivity index (χ0) is 17.0. The Morgan fingerprint density at radius 1 is 1.27 bits per heavy atom. The molecule has 8 nitrogen and oxygen atoms in total. The van der Waals surface area contributed by atoms with Crippen LogP contribution in [-0.2, 0) is 4.74 Å². The van der Waals surface area contributed by atoms with Gasteiger partial charge in [-0.2, -0.15) is 0 Å². The van der Waals surface area contributed by atoms with E-state index < -0.39 is 16.0 Å². The van der Waals surface area contributed by atoms with E-state index in [-0.39, 0.29) is 23.1 Å². The van der Waals surface area contributed by atoms with Gasteiger partial charge in [0, 0.05) is 24.8 Å². The van der Waals surface area contributed by atoms with E-state index in [0.29, 0.717) is 17.5 Å². The van der Waals surface area contributed by atoms with Crippen LogP contribution in [0.25, 0.3) is 0 Å². The molecule has 0 fully saturated rings. The topological polar surface area (TPSA) is 108 Å². The van der Waals surface area contributed by atoms with E-state index in [1.165, 1.54) is 13.2 Å². The number of benzene rings is 1. The molecule has 0 aliphatic rings. The lowest BCUT2D eigenvalue weighted by Gasteiger charge is -2.19. The van der Waals surface area contributed by atoms with Gasteiger partial charge < -0.3 is 10.1 Å². The molecule has 1 N–H and O–H groups in total. The zero-order valence-electron chi connectivity index (χ0n) is 13.4. The first-order valence-corrected chi connectivity index (χ1v) is 7.00. The Labute approximate surface area is 128 Å². The highest BCUT2D eigenvalue weighted by Crippen LogP contribution is 2.42. The molecule has 0 heterocycles. The van der Waals surface area contributed by atoms with E-state index in [1.54, 1.807) is 20.8 Å². The van der Waals surface area contributed by atoms with Crippen molar-refractivity contribution >= 4 is 17.1 Å². The van der Waals surface area contributed by atoms with E-state index in [9.17, 15) is 20.2 Å². The van der Waals surface area contributed by atoms with Gasteiger partial charge in [0.15, 0.2) is 5.69 Å². The summed E-state index contributed by atoms with van der Waals surface area (Å²) in [6.07, 6.45) is 0.133. The SMILES string of the molecule is CCC(OC)c1cc([N+](=O)[O-])c(NC(C)C)c([N+](=O)[O-])c1C. The van der Waals surface area contributed by atoms with Crippen molar-refractivity contribution in [1.82, 2.24) is 0 Å². The van der Waals surface area contributed by atoms with Crippen LogP contribution in [-0.4, -0.2) is 23.0 Å². The molecule has 1 rings (SSSR count). The first-order valence-electron chi connectivity index (χ1n) is 7.00. The van der Waals surface area contributed by atoms with Crippen LogP contribution in [0.5, 0.6) is 0 Å². The number of hydrogen-bond acceptors (Lipinski definition) is 6. The molecule has 0 amide bonds. The highest BCUT2D eigenvalue weighted by atomic mass is 16.6. The van der Waals surface area contributed by atoms with Crippen LogP contribution in [0, 0.1) is 27.2 Å². The second-order valence-electron chi connectivity index (χ2n) is 5.28. The Hall–Kier alpha value is -2.22. The number of nitrogens with one attached hydrogen (secondary N) is 1. The normalized spacial score (nSPS) is 12.3. The number of methoxy groups -OCH3 is 1. The van der Waals surface area contributed by atoms with Crippen LogP contribution in [0.2, 0.25) is 0 Å². The number of rotatable bonds is 7. The van der Waals surface area contributed by atoms with E-state index >= 15 is 0 Å². The molecule has 0 aromatic heterocycles. The summed E-state index contributed by atoms with van der Waals surface area (Å²) in [5, 5.41) is 25.6. The first kappa shape index (κ1) is 17.8. The van der Waals surface area contributed by atoms with Gasteiger partial charge in [-0.3, -0.25) is 20.2 Å². The summed E-state index contributed by atoms with van der Waals surface area (Å²) in [6.45, 7) is 6.97. The van der Waals surface area contributed by atoms with Crippen LogP contribution in [0.4, 0.5) is 17.1 Å². The molecule has 1 atom stereocenters. The molecule has 1 aromatic rings. The van der Waals surface area contributed by atoms with Crippen molar-refractivity contribution in [2.45, 2.75) is 46.3 Å². The molecule has 0 radical (unpaired) electrons. The summed E-state index contributed by atoms with van der Waals surface area (Å²) in [5.74, 6) is 0. The molecule has 1 aromatic carbocycles. The maximum atomic E-state index is 11.5. The molecule has 0 aliphatic heterocycles. The summed E-state index contributed by atoms with van der Waals surface area (Å²) in [7, 11) is 1.48. The molecule has 0 saturated carbocycles. The summed E-state index contributed by atoms with van der Waals surface area (Å²) in [5.41, 5.74) is 0.215. The summed E-state index contributed by atoms with van der Waals surface area (Å²) in [6, 6.07) is 1.19. The standard InChI is InChI=1S/C14H21N3O5/c1-6-12(22-5)10-7-11(16(18)19)13(15-8(2)3)14(9(10)4)17(20)21/h7-8,12,15H,6H2,1-5H3. The average Bonchev–Trinajstić information content (AvgIpc) is 2.40. The molecule has 122 valence electrons. The molecule has 0 saturated heterocycles. The number of nitrogens with zero attached hydrogens (tertiary/aromatic N) is 2. The van der Waals surface area contributed by atoms with Crippen molar-refractivity contribution in [2.24, 2.45) is 0 Å². The van der Waals surface area contributed by atoms with E-state index in [4.69, 9.17) is 4.74 Å². The quantitative estimate of drug-likeness (QED) is 0.607. The molecule has 0 bridgehead atoms. The minimum atomic E-state index is -0.608. The van der Waals surface area contributed by atoms with Crippen molar-refractivity contribution in [2.75, 3.05) is 12.4 Å². The van der Waals surface area contributed by atoms with Gasteiger partial charge in [0.1, 0.15) is 0 Å². The number of anilines is 1. The van der Waals surface area contributed by atoms with Crippen LogP contribution >= 0.6 is 0 Å². The van der Waals surface area contributed by atoms with Gasteiger partial charge in [0.25, 0.3) is 5.69 Å². The summed E-state index contributed by atoms with van der Waals surface area (Å²) < 4.78 is 5.29. The maximum absolute atomic E-state index is 11.5. The smallest absolute Gasteiger partial charge is 0.302 e. The molecule has 22 heavy (non-hydrogen) atoms.